The van der Waals surface area contributed by atoms with E-state index in [0.717, 1.165) is 20.6 Å². The van der Waals surface area contributed by atoms with Crippen molar-refractivity contribution in [3.8, 4) is 11.1 Å². The van der Waals surface area contributed by atoms with Crippen molar-refractivity contribution in [3.05, 3.63) is 52.2 Å². The minimum Gasteiger partial charge on any atom is -0.263 e. The Kier molecular flexibility index (Phi) is 2.85. The largest absolute Gasteiger partial charge is 0.263 e. The summed E-state index contributed by atoms with van der Waals surface area (Å²) in [5.74, 6) is 0. The summed E-state index contributed by atoms with van der Waals surface area (Å²) in [4.78, 5) is 4.10. The molecule has 0 bridgehead atoms. The molecule has 0 aliphatic carbocycles. The first-order chi connectivity index (χ1) is 6.75. The standard InChI is InChI=1S/C11H7BrClN/c12-10-5-9(6-14-7-10)8-1-3-11(13)4-2-8/h1-7H. The molecule has 0 radical (unpaired) electrons. The fourth-order valence-corrected chi connectivity index (χ4v) is 1.70. The lowest BCUT2D eigenvalue weighted by atomic mass is 10.1. The summed E-state index contributed by atoms with van der Waals surface area (Å²) >= 11 is 9.19. The Balaban J connectivity index is 2.44. The van der Waals surface area contributed by atoms with Gasteiger partial charge in [-0.25, -0.2) is 0 Å². The van der Waals surface area contributed by atoms with E-state index in [-0.39, 0.29) is 0 Å². The van der Waals surface area contributed by atoms with E-state index in [1.54, 1.807) is 6.20 Å². The Morgan fingerprint density at radius 3 is 2.36 bits per heavy atom. The number of halogens is 2. The van der Waals surface area contributed by atoms with Crippen molar-refractivity contribution in [1.82, 2.24) is 4.98 Å². The van der Waals surface area contributed by atoms with Gasteiger partial charge in [-0.1, -0.05) is 23.7 Å². The number of pyridine rings is 1. The Morgan fingerprint density at radius 2 is 1.71 bits per heavy atom. The SMILES string of the molecule is Clc1ccc(-c2cncc(Br)c2)cc1. The number of hydrogen-bond acceptors (Lipinski definition) is 1. The summed E-state index contributed by atoms with van der Waals surface area (Å²) < 4.78 is 0.977. The van der Waals surface area contributed by atoms with Gasteiger partial charge in [0, 0.05) is 27.5 Å². The van der Waals surface area contributed by atoms with Crippen LogP contribution in [0.25, 0.3) is 11.1 Å². The van der Waals surface area contributed by atoms with E-state index in [2.05, 4.69) is 20.9 Å². The van der Waals surface area contributed by atoms with Crippen LogP contribution in [0.1, 0.15) is 0 Å². The third-order valence-corrected chi connectivity index (χ3v) is 2.57. The van der Waals surface area contributed by atoms with Crippen molar-refractivity contribution in [3.63, 3.8) is 0 Å². The maximum absolute atomic E-state index is 5.81. The summed E-state index contributed by atoms with van der Waals surface area (Å²) in [6, 6.07) is 9.73. The van der Waals surface area contributed by atoms with Crippen molar-refractivity contribution in [2.45, 2.75) is 0 Å². The molecule has 1 nitrogen and oxygen atoms in total. The highest BCUT2D eigenvalue weighted by Crippen LogP contribution is 2.22. The highest BCUT2D eigenvalue weighted by molar-refractivity contribution is 9.10. The second-order valence-corrected chi connectivity index (χ2v) is 4.25. The fourth-order valence-electron chi connectivity index (χ4n) is 1.21. The molecule has 0 spiro atoms. The topological polar surface area (TPSA) is 12.9 Å². The van der Waals surface area contributed by atoms with Gasteiger partial charge in [0.25, 0.3) is 0 Å². The van der Waals surface area contributed by atoms with E-state index in [1.807, 2.05) is 36.5 Å². The molecule has 70 valence electrons. The molecule has 1 aromatic heterocycles. The van der Waals surface area contributed by atoms with Crippen LogP contribution in [0.15, 0.2) is 47.2 Å². The quantitative estimate of drug-likeness (QED) is 0.756. The molecule has 0 saturated heterocycles. The molecule has 2 aromatic rings. The fraction of sp³-hybridized carbons (Fsp3) is 0. The molecular formula is C11H7BrClN. The maximum Gasteiger partial charge on any atom is 0.0410 e. The molecule has 0 atom stereocenters. The van der Waals surface area contributed by atoms with Crippen LogP contribution in [-0.2, 0) is 0 Å². The average molecular weight is 269 g/mol. The van der Waals surface area contributed by atoms with Crippen LogP contribution in [0.5, 0.6) is 0 Å². The third-order valence-electron chi connectivity index (χ3n) is 1.88. The van der Waals surface area contributed by atoms with E-state index in [1.165, 1.54) is 0 Å². The lowest BCUT2D eigenvalue weighted by Gasteiger charge is -2.01. The second-order valence-electron chi connectivity index (χ2n) is 2.90. The molecule has 0 saturated carbocycles. The number of hydrogen-bond donors (Lipinski definition) is 0. The van der Waals surface area contributed by atoms with Crippen molar-refractivity contribution in [2.75, 3.05) is 0 Å². The molecule has 0 unspecified atom stereocenters. The van der Waals surface area contributed by atoms with Gasteiger partial charge < -0.3 is 0 Å². The van der Waals surface area contributed by atoms with Crippen LogP contribution < -0.4 is 0 Å². The van der Waals surface area contributed by atoms with Crippen LogP contribution in [0.3, 0.4) is 0 Å². The smallest absolute Gasteiger partial charge is 0.0410 e. The monoisotopic (exact) mass is 267 g/mol. The summed E-state index contributed by atoms with van der Waals surface area (Å²) in [5, 5.41) is 0.747. The number of benzene rings is 1. The summed E-state index contributed by atoms with van der Waals surface area (Å²) in [5.41, 5.74) is 2.19. The first-order valence-corrected chi connectivity index (χ1v) is 5.29. The average Bonchev–Trinajstić information content (AvgIpc) is 2.19. The molecule has 14 heavy (non-hydrogen) atoms. The van der Waals surface area contributed by atoms with Gasteiger partial charge in [0.1, 0.15) is 0 Å². The van der Waals surface area contributed by atoms with E-state index in [0.29, 0.717) is 0 Å². The van der Waals surface area contributed by atoms with Gasteiger partial charge in [-0.05, 0) is 39.7 Å². The first kappa shape index (κ1) is 9.69. The predicted octanol–water partition coefficient (Wildman–Crippen LogP) is 4.16. The van der Waals surface area contributed by atoms with E-state index >= 15 is 0 Å². The van der Waals surface area contributed by atoms with Gasteiger partial charge in [-0.2, -0.15) is 0 Å². The predicted molar refractivity (Wildman–Crippen MR) is 62.4 cm³/mol. The molecule has 0 fully saturated rings. The Bertz CT molecular complexity index is 439. The van der Waals surface area contributed by atoms with Gasteiger partial charge in [0.15, 0.2) is 0 Å². The van der Waals surface area contributed by atoms with Crippen molar-refractivity contribution < 1.29 is 0 Å². The zero-order valence-corrected chi connectivity index (χ0v) is 9.59. The molecule has 1 aromatic carbocycles. The van der Waals surface area contributed by atoms with Crippen LogP contribution in [0.4, 0.5) is 0 Å². The lowest BCUT2D eigenvalue weighted by Crippen LogP contribution is -1.79. The molecule has 1 heterocycles. The van der Waals surface area contributed by atoms with Crippen LogP contribution in [-0.4, -0.2) is 4.98 Å². The normalized spacial score (nSPS) is 10.1. The highest BCUT2D eigenvalue weighted by Gasteiger charge is 1.98. The van der Waals surface area contributed by atoms with Gasteiger partial charge >= 0.3 is 0 Å². The Labute approximate surface area is 95.9 Å². The zero-order chi connectivity index (χ0) is 9.97. The van der Waals surface area contributed by atoms with Gasteiger partial charge in [0.2, 0.25) is 0 Å². The highest BCUT2D eigenvalue weighted by atomic mass is 79.9. The van der Waals surface area contributed by atoms with E-state index < -0.39 is 0 Å². The summed E-state index contributed by atoms with van der Waals surface area (Å²) in [6.07, 6.45) is 3.59. The molecule has 3 heteroatoms. The van der Waals surface area contributed by atoms with Gasteiger partial charge in [-0.15, -0.1) is 0 Å². The molecule has 0 amide bonds. The molecule has 2 rings (SSSR count). The molecule has 0 aliphatic heterocycles. The zero-order valence-electron chi connectivity index (χ0n) is 7.24. The maximum atomic E-state index is 5.81. The summed E-state index contributed by atoms with van der Waals surface area (Å²) in [7, 11) is 0. The number of nitrogens with zero attached hydrogens (tertiary/aromatic N) is 1. The second kappa shape index (κ2) is 4.11. The molecule has 0 aliphatic rings. The lowest BCUT2D eigenvalue weighted by molar-refractivity contribution is 1.31. The minimum absolute atomic E-state index is 0.747. The van der Waals surface area contributed by atoms with Crippen LogP contribution in [0.2, 0.25) is 5.02 Å². The molecule has 0 N–H and O–H groups in total. The van der Waals surface area contributed by atoms with E-state index in [4.69, 9.17) is 11.6 Å². The molecular weight excluding hydrogens is 261 g/mol. The van der Waals surface area contributed by atoms with Crippen molar-refractivity contribution in [1.29, 1.82) is 0 Å². The van der Waals surface area contributed by atoms with Gasteiger partial charge in [-0.3, -0.25) is 4.98 Å². The Morgan fingerprint density at radius 1 is 1.00 bits per heavy atom. The van der Waals surface area contributed by atoms with E-state index in [9.17, 15) is 0 Å². The number of aromatic nitrogens is 1. The third kappa shape index (κ3) is 2.14. The number of rotatable bonds is 1. The minimum atomic E-state index is 0.747. The van der Waals surface area contributed by atoms with Crippen LogP contribution in [0, 0.1) is 0 Å². The van der Waals surface area contributed by atoms with Crippen molar-refractivity contribution >= 4 is 27.5 Å². The van der Waals surface area contributed by atoms with Crippen molar-refractivity contribution in [2.24, 2.45) is 0 Å². The summed E-state index contributed by atoms with van der Waals surface area (Å²) in [6.45, 7) is 0. The van der Waals surface area contributed by atoms with Crippen LogP contribution >= 0.6 is 27.5 Å². The Hall–Kier alpha value is -0.860. The first-order valence-electron chi connectivity index (χ1n) is 4.12. The van der Waals surface area contributed by atoms with Gasteiger partial charge in [0.05, 0.1) is 0 Å².